The van der Waals surface area contributed by atoms with Crippen molar-refractivity contribution < 1.29 is 4.74 Å². The molecule has 0 aliphatic carbocycles. The number of thiazole rings is 1. The third kappa shape index (κ3) is 2.65. The Hall–Kier alpha value is -1.26. The normalized spacial score (nSPS) is 10.4. The average Bonchev–Trinajstić information content (AvgIpc) is 2.63. The van der Waals surface area contributed by atoms with Gasteiger partial charge < -0.3 is 10.5 Å². The van der Waals surface area contributed by atoms with Crippen LogP contribution in [0.25, 0.3) is 0 Å². The first-order valence-electron chi connectivity index (χ1n) is 4.74. The number of hydrogen-bond acceptors (Lipinski definition) is 4. The highest BCUT2D eigenvalue weighted by atomic mass is 35.5. The zero-order chi connectivity index (χ0) is 11.5. The Morgan fingerprint density at radius 1 is 1.50 bits per heavy atom. The van der Waals surface area contributed by atoms with Crippen LogP contribution in [-0.4, -0.2) is 4.98 Å². The Labute approximate surface area is 103 Å². The molecule has 2 rings (SSSR count). The third-order valence-electron chi connectivity index (χ3n) is 1.99. The number of nitrogens with two attached hydrogens (primary N) is 1. The highest BCUT2D eigenvalue weighted by molar-refractivity contribution is 7.09. The van der Waals surface area contributed by atoms with E-state index in [4.69, 9.17) is 22.1 Å². The van der Waals surface area contributed by atoms with E-state index in [-0.39, 0.29) is 0 Å². The summed E-state index contributed by atoms with van der Waals surface area (Å²) in [5, 5.41) is 3.53. The molecule has 0 aliphatic heterocycles. The molecule has 0 aliphatic rings. The second-order valence-corrected chi connectivity index (χ2v) is 4.73. The van der Waals surface area contributed by atoms with Crippen LogP contribution in [0, 0.1) is 6.92 Å². The summed E-state index contributed by atoms with van der Waals surface area (Å²) in [7, 11) is 0. The van der Waals surface area contributed by atoms with E-state index in [1.807, 2.05) is 12.3 Å². The van der Waals surface area contributed by atoms with Gasteiger partial charge in [-0.15, -0.1) is 11.3 Å². The smallest absolute Gasteiger partial charge is 0.142 e. The van der Waals surface area contributed by atoms with Crippen LogP contribution in [0.1, 0.15) is 10.7 Å². The van der Waals surface area contributed by atoms with Crippen molar-refractivity contribution in [1.82, 2.24) is 4.98 Å². The molecule has 0 radical (unpaired) electrons. The van der Waals surface area contributed by atoms with Gasteiger partial charge in [0.2, 0.25) is 0 Å². The maximum absolute atomic E-state index is 5.79. The molecule has 0 amide bonds. The van der Waals surface area contributed by atoms with Crippen LogP contribution in [0.2, 0.25) is 5.02 Å². The van der Waals surface area contributed by atoms with E-state index in [9.17, 15) is 0 Å². The van der Waals surface area contributed by atoms with Gasteiger partial charge in [0.15, 0.2) is 0 Å². The van der Waals surface area contributed by atoms with Crippen LogP contribution in [0.15, 0.2) is 23.6 Å². The molecule has 0 saturated carbocycles. The zero-order valence-electron chi connectivity index (χ0n) is 8.74. The lowest BCUT2D eigenvalue weighted by Gasteiger charge is -2.07. The Bertz CT molecular complexity index is 498. The van der Waals surface area contributed by atoms with Gasteiger partial charge in [-0.3, -0.25) is 0 Å². The highest BCUT2D eigenvalue weighted by Crippen LogP contribution is 2.26. The molecule has 2 N–H and O–H groups in total. The Balaban J connectivity index is 2.04. The van der Waals surface area contributed by atoms with Gasteiger partial charge >= 0.3 is 0 Å². The monoisotopic (exact) mass is 254 g/mol. The predicted molar refractivity (Wildman–Crippen MR) is 67.0 cm³/mol. The van der Waals surface area contributed by atoms with Crippen LogP contribution in [0.3, 0.4) is 0 Å². The van der Waals surface area contributed by atoms with Crippen LogP contribution >= 0.6 is 22.9 Å². The zero-order valence-corrected chi connectivity index (χ0v) is 10.3. The van der Waals surface area contributed by atoms with E-state index in [1.54, 1.807) is 29.5 Å². The van der Waals surface area contributed by atoms with Crippen LogP contribution in [-0.2, 0) is 6.61 Å². The highest BCUT2D eigenvalue weighted by Gasteiger charge is 2.03. The second-order valence-electron chi connectivity index (χ2n) is 3.35. The van der Waals surface area contributed by atoms with E-state index in [0.29, 0.717) is 23.1 Å². The number of rotatable bonds is 3. The molecule has 1 aromatic carbocycles. The first kappa shape index (κ1) is 11.2. The summed E-state index contributed by atoms with van der Waals surface area (Å²) < 4.78 is 5.56. The van der Waals surface area contributed by atoms with E-state index >= 15 is 0 Å². The molecular weight excluding hydrogens is 244 g/mol. The summed E-state index contributed by atoms with van der Waals surface area (Å²) in [6.07, 6.45) is 0. The number of benzene rings is 1. The van der Waals surface area contributed by atoms with Gasteiger partial charge in [0.05, 0.1) is 5.69 Å². The number of nitrogen functional groups attached to an aromatic ring is 1. The Kier molecular flexibility index (Phi) is 3.31. The largest absolute Gasteiger partial charge is 0.484 e. The number of hydrogen-bond donors (Lipinski definition) is 1. The second kappa shape index (κ2) is 4.72. The predicted octanol–water partition coefficient (Wildman–Crippen LogP) is 3.27. The molecule has 0 atom stereocenters. The molecule has 1 heterocycles. The van der Waals surface area contributed by atoms with Crippen LogP contribution in [0.5, 0.6) is 5.75 Å². The van der Waals surface area contributed by atoms with Crippen LogP contribution in [0.4, 0.5) is 5.69 Å². The minimum absolute atomic E-state index is 0.435. The topological polar surface area (TPSA) is 48.1 Å². The lowest BCUT2D eigenvalue weighted by molar-refractivity contribution is 0.307. The molecule has 3 nitrogen and oxygen atoms in total. The van der Waals surface area contributed by atoms with Crippen molar-refractivity contribution in [1.29, 1.82) is 0 Å². The van der Waals surface area contributed by atoms with Crippen molar-refractivity contribution in [3.8, 4) is 5.75 Å². The summed E-state index contributed by atoms with van der Waals surface area (Å²) in [5.41, 5.74) is 7.31. The fourth-order valence-electron chi connectivity index (χ4n) is 1.26. The van der Waals surface area contributed by atoms with Gasteiger partial charge in [0.25, 0.3) is 0 Å². The first-order valence-corrected chi connectivity index (χ1v) is 6.00. The first-order chi connectivity index (χ1) is 7.65. The molecular formula is C11H11ClN2OS. The van der Waals surface area contributed by atoms with E-state index in [0.717, 1.165) is 10.7 Å². The fraction of sp³-hybridized carbons (Fsp3) is 0.182. The Morgan fingerprint density at radius 3 is 2.94 bits per heavy atom. The summed E-state index contributed by atoms with van der Waals surface area (Å²) in [5.74, 6) is 0.636. The number of halogens is 1. The van der Waals surface area contributed by atoms with Gasteiger partial charge in [0, 0.05) is 16.1 Å². The lowest BCUT2D eigenvalue weighted by atomic mass is 10.3. The molecule has 1 aromatic heterocycles. The fourth-order valence-corrected chi connectivity index (χ4v) is 2.12. The van der Waals surface area contributed by atoms with Crippen molar-refractivity contribution in [3.63, 3.8) is 0 Å². The molecule has 0 spiro atoms. The van der Waals surface area contributed by atoms with Gasteiger partial charge in [-0.2, -0.15) is 0 Å². The minimum Gasteiger partial charge on any atom is -0.484 e. The number of anilines is 1. The van der Waals surface area contributed by atoms with Gasteiger partial charge in [-0.1, -0.05) is 11.6 Å². The van der Waals surface area contributed by atoms with Crippen molar-refractivity contribution in [3.05, 3.63) is 39.3 Å². The average molecular weight is 255 g/mol. The van der Waals surface area contributed by atoms with Crippen molar-refractivity contribution in [2.45, 2.75) is 13.5 Å². The van der Waals surface area contributed by atoms with Crippen molar-refractivity contribution in [2.24, 2.45) is 0 Å². The van der Waals surface area contributed by atoms with Crippen molar-refractivity contribution >= 4 is 28.6 Å². The number of nitrogens with zero attached hydrogens (tertiary/aromatic N) is 1. The minimum atomic E-state index is 0.435. The molecule has 5 heteroatoms. The summed E-state index contributed by atoms with van der Waals surface area (Å²) in [6.45, 7) is 2.39. The number of aromatic nitrogens is 1. The molecule has 0 saturated heterocycles. The third-order valence-corrected chi connectivity index (χ3v) is 3.16. The molecule has 0 bridgehead atoms. The number of ether oxygens (including phenoxy) is 1. The van der Waals surface area contributed by atoms with E-state index in [2.05, 4.69) is 4.98 Å². The summed E-state index contributed by atoms with van der Waals surface area (Å²) in [4.78, 5) is 4.30. The van der Waals surface area contributed by atoms with Crippen LogP contribution < -0.4 is 10.5 Å². The molecule has 16 heavy (non-hydrogen) atoms. The van der Waals surface area contributed by atoms with E-state index in [1.165, 1.54) is 0 Å². The van der Waals surface area contributed by atoms with Crippen molar-refractivity contribution in [2.75, 3.05) is 5.73 Å². The molecule has 2 aromatic rings. The maximum Gasteiger partial charge on any atom is 0.142 e. The van der Waals surface area contributed by atoms with Gasteiger partial charge in [0.1, 0.15) is 17.4 Å². The lowest BCUT2D eigenvalue weighted by Crippen LogP contribution is -1.98. The molecule has 0 unspecified atom stereocenters. The quantitative estimate of drug-likeness (QED) is 0.856. The van der Waals surface area contributed by atoms with E-state index < -0.39 is 0 Å². The standard InChI is InChI=1S/C11H11ClN2OS/c1-7-6-16-11(14-7)5-15-10-3-2-8(12)4-9(10)13/h2-4,6H,5,13H2,1H3. The molecule has 0 fully saturated rings. The molecule has 84 valence electrons. The number of aryl methyl sites for hydroxylation is 1. The Morgan fingerprint density at radius 2 is 2.31 bits per heavy atom. The maximum atomic E-state index is 5.79. The summed E-state index contributed by atoms with van der Waals surface area (Å²) in [6, 6.07) is 5.18. The van der Waals surface area contributed by atoms with Gasteiger partial charge in [-0.05, 0) is 25.1 Å². The SMILES string of the molecule is Cc1csc(COc2ccc(Cl)cc2N)n1. The summed E-state index contributed by atoms with van der Waals surface area (Å²) >= 11 is 7.37. The van der Waals surface area contributed by atoms with Gasteiger partial charge in [-0.25, -0.2) is 4.98 Å².